The van der Waals surface area contributed by atoms with Gasteiger partial charge in [0.25, 0.3) is 0 Å². The fourth-order valence-corrected chi connectivity index (χ4v) is 2.87. The molecule has 1 heterocycles. The minimum Gasteiger partial charge on any atom is -0.298 e. The number of hydrogen-bond donors (Lipinski definition) is 0. The molecule has 0 spiro atoms. The predicted octanol–water partition coefficient (Wildman–Crippen LogP) is 4.32. The molecule has 0 saturated carbocycles. The molecule has 0 bridgehead atoms. The third kappa shape index (κ3) is 4.08. The maximum absolute atomic E-state index is 2.72. The van der Waals surface area contributed by atoms with Gasteiger partial charge in [-0.1, -0.05) is 27.7 Å². The van der Waals surface area contributed by atoms with Gasteiger partial charge in [-0.05, 0) is 57.4 Å². The third-order valence-corrected chi connectivity index (χ3v) is 4.14. The van der Waals surface area contributed by atoms with Crippen LogP contribution in [-0.2, 0) is 0 Å². The maximum Gasteiger partial charge on any atom is 0.0150 e. The van der Waals surface area contributed by atoms with Crippen molar-refractivity contribution in [2.24, 2.45) is 11.3 Å². The smallest absolute Gasteiger partial charge is 0.0150 e. The monoisotopic (exact) mass is 225 g/mol. The first-order valence-corrected chi connectivity index (χ1v) is 7.00. The van der Waals surface area contributed by atoms with E-state index in [9.17, 15) is 0 Å². The second-order valence-corrected chi connectivity index (χ2v) is 7.39. The largest absolute Gasteiger partial charge is 0.298 e. The Bertz CT molecular complexity index is 212. The minimum absolute atomic E-state index is 0.399. The number of hydrogen-bond acceptors (Lipinski definition) is 1. The third-order valence-electron chi connectivity index (χ3n) is 4.14. The summed E-state index contributed by atoms with van der Waals surface area (Å²) >= 11 is 0. The molecule has 1 rings (SSSR count). The van der Waals surface area contributed by atoms with Crippen molar-refractivity contribution in [2.45, 2.75) is 72.8 Å². The van der Waals surface area contributed by atoms with E-state index in [2.05, 4.69) is 46.4 Å². The highest BCUT2D eigenvalue weighted by atomic mass is 15.2. The fourth-order valence-electron chi connectivity index (χ4n) is 2.87. The Morgan fingerprint density at radius 1 is 1.12 bits per heavy atom. The highest BCUT2D eigenvalue weighted by Crippen LogP contribution is 2.33. The highest BCUT2D eigenvalue weighted by molar-refractivity contribution is 4.86. The van der Waals surface area contributed by atoms with Gasteiger partial charge in [0.15, 0.2) is 0 Å². The van der Waals surface area contributed by atoms with Crippen molar-refractivity contribution in [3.63, 3.8) is 0 Å². The fraction of sp³-hybridized carbons (Fsp3) is 1.00. The van der Waals surface area contributed by atoms with Crippen molar-refractivity contribution in [1.29, 1.82) is 0 Å². The van der Waals surface area contributed by atoms with E-state index >= 15 is 0 Å². The van der Waals surface area contributed by atoms with Crippen LogP contribution in [0.4, 0.5) is 0 Å². The van der Waals surface area contributed by atoms with Crippen LogP contribution in [0.3, 0.4) is 0 Å². The van der Waals surface area contributed by atoms with E-state index in [1.165, 1.54) is 38.8 Å². The molecule has 0 aromatic carbocycles. The SMILES string of the molecule is CCC(C)(C)N1CCCC(CC(C)(C)C)C1. The molecule has 1 aliphatic rings. The molecule has 1 heteroatoms. The van der Waals surface area contributed by atoms with Crippen LogP contribution in [-0.4, -0.2) is 23.5 Å². The van der Waals surface area contributed by atoms with Crippen LogP contribution < -0.4 is 0 Å². The molecule has 0 aliphatic carbocycles. The topological polar surface area (TPSA) is 3.24 Å². The van der Waals surface area contributed by atoms with Crippen molar-refractivity contribution in [3.05, 3.63) is 0 Å². The van der Waals surface area contributed by atoms with Gasteiger partial charge >= 0.3 is 0 Å². The minimum atomic E-state index is 0.399. The van der Waals surface area contributed by atoms with Gasteiger partial charge in [0, 0.05) is 12.1 Å². The lowest BCUT2D eigenvalue weighted by atomic mass is 9.80. The molecule has 0 radical (unpaired) electrons. The summed E-state index contributed by atoms with van der Waals surface area (Å²) in [5, 5.41) is 0. The Labute approximate surface area is 103 Å². The van der Waals surface area contributed by atoms with E-state index in [1.54, 1.807) is 0 Å². The van der Waals surface area contributed by atoms with Crippen LogP contribution in [0.25, 0.3) is 0 Å². The van der Waals surface area contributed by atoms with Crippen LogP contribution in [0, 0.1) is 11.3 Å². The summed E-state index contributed by atoms with van der Waals surface area (Å²) in [5.74, 6) is 0.916. The van der Waals surface area contributed by atoms with Gasteiger partial charge in [0.1, 0.15) is 0 Å². The van der Waals surface area contributed by atoms with Gasteiger partial charge in [-0.25, -0.2) is 0 Å². The lowest BCUT2D eigenvalue weighted by molar-refractivity contribution is 0.0513. The first-order chi connectivity index (χ1) is 7.24. The van der Waals surface area contributed by atoms with Crippen molar-refractivity contribution < 1.29 is 0 Å². The van der Waals surface area contributed by atoms with Crippen LogP contribution in [0.2, 0.25) is 0 Å². The zero-order chi connectivity index (χ0) is 12.4. The molecule has 1 nitrogen and oxygen atoms in total. The molecule has 0 aromatic heterocycles. The van der Waals surface area contributed by atoms with Gasteiger partial charge in [0.05, 0.1) is 0 Å². The Morgan fingerprint density at radius 2 is 1.75 bits per heavy atom. The quantitative estimate of drug-likeness (QED) is 0.691. The Balaban J connectivity index is 2.54. The zero-order valence-electron chi connectivity index (χ0n) is 12.3. The summed E-state index contributed by atoms with van der Waals surface area (Å²) in [6.07, 6.45) is 5.47. The van der Waals surface area contributed by atoms with Gasteiger partial charge in [-0.15, -0.1) is 0 Å². The first-order valence-electron chi connectivity index (χ1n) is 7.00. The predicted molar refractivity (Wildman–Crippen MR) is 72.7 cm³/mol. The van der Waals surface area contributed by atoms with E-state index in [-0.39, 0.29) is 0 Å². The molecule has 1 unspecified atom stereocenters. The number of nitrogens with zero attached hydrogens (tertiary/aromatic N) is 1. The number of likely N-dealkylation sites (tertiary alicyclic amines) is 1. The van der Waals surface area contributed by atoms with Gasteiger partial charge in [-0.2, -0.15) is 0 Å². The van der Waals surface area contributed by atoms with E-state index in [0.29, 0.717) is 11.0 Å². The van der Waals surface area contributed by atoms with E-state index in [1.807, 2.05) is 0 Å². The van der Waals surface area contributed by atoms with E-state index in [0.717, 1.165) is 5.92 Å². The first kappa shape index (κ1) is 14.0. The van der Waals surface area contributed by atoms with Crippen molar-refractivity contribution in [2.75, 3.05) is 13.1 Å². The van der Waals surface area contributed by atoms with Gasteiger partial charge in [-0.3, -0.25) is 4.90 Å². The summed E-state index contributed by atoms with van der Waals surface area (Å²) in [6, 6.07) is 0. The van der Waals surface area contributed by atoms with E-state index in [4.69, 9.17) is 0 Å². The Kier molecular flexibility index (Phi) is 4.45. The van der Waals surface area contributed by atoms with Crippen LogP contribution in [0.5, 0.6) is 0 Å². The van der Waals surface area contributed by atoms with Gasteiger partial charge < -0.3 is 0 Å². The van der Waals surface area contributed by atoms with Crippen LogP contribution in [0.15, 0.2) is 0 Å². The average Bonchev–Trinajstić information content (AvgIpc) is 2.15. The summed E-state index contributed by atoms with van der Waals surface area (Å²) in [4.78, 5) is 2.72. The molecule has 16 heavy (non-hydrogen) atoms. The Hall–Kier alpha value is -0.0400. The molecule has 1 atom stereocenters. The molecule has 1 fully saturated rings. The molecule has 96 valence electrons. The molecule has 0 N–H and O–H groups in total. The van der Waals surface area contributed by atoms with Crippen molar-refractivity contribution in [3.8, 4) is 0 Å². The highest BCUT2D eigenvalue weighted by Gasteiger charge is 2.31. The van der Waals surface area contributed by atoms with E-state index < -0.39 is 0 Å². The van der Waals surface area contributed by atoms with Crippen LogP contribution in [0.1, 0.15) is 67.2 Å². The standard InChI is InChI=1S/C15H31N/c1-7-15(5,6)16-10-8-9-13(12-16)11-14(2,3)4/h13H,7-12H2,1-6H3. The lowest BCUT2D eigenvalue weighted by Gasteiger charge is -2.44. The molecule has 0 aromatic rings. The molecule has 1 saturated heterocycles. The second-order valence-electron chi connectivity index (χ2n) is 7.39. The zero-order valence-corrected chi connectivity index (χ0v) is 12.3. The lowest BCUT2D eigenvalue weighted by Crippen LogP contribution is -2.49. The normalized spacial score (nSPS) is 24.8. The summed E-state index contributed by atoms with van der Waals surface area (Å²) < 4.78 is 0. The molecule has 0 amide bonds. The molecular weight excluding hydrogens is 194 g/mol. The Morgan fingerprint density at radius 3 is 2.25 bits per heavy atom. The average molecular weight is 225 g/mol. The van der Waals surface area contributed by atoms with Crippen molar-refractivity contribution in [1.82, 2.24) is 4.90 Å². The summed E-state index contributed by atoms with van der Waals surface area (Å²) in [7, 11) is 0. The van der Waals surface area contributed by atoms with Gasteiger partial charge in [0.2, 0.25) is 0 Å². The molecular formula is C15H31N. The summed E-state index contributed by atoms with van der Waals surface area (Å²) in [6.45, 7) is 16.8. The molecule has 1 aliphatic heterocycles. The van der Waals surface area contributed by atoms with Crippen LogP contribution >= 0.6 is 0 Å². The maximum atomic E-state index is 2.72. The second kappa shape index (κ2) is 5.08. The summed E-state index contributed by atoms with van der Waals surface area (Å²) in [5.41, 5.74) is 0.889. The van der Waals surface area contributed by atoms with Crippen molar-refractivity contribution >= 4 is 0 Å². The number of rotatable bonds is 3. The number of piperidine rings is 1.